The van der Waals surface area contributed by atoms with E-state index >= 15 is 0 Å². The van der Waals surface area contributed by atoms with Gasteiger partial charge in [0.25, 0.3) is 0 Å². The number of rotatable bonds is 2. The summed E-state index contributed by atoms with van der Waals surface area (Å²) in [5.74, 6) is 4.50. The van der Waals surface area contributed by atoms with Crippen LogP contribution in [0.5, 0.6) is 0 Å². The Morgan fingerprint density at radius 3 is 2.55 bits per heavy atom. The van der Waals surface area contributed by atoms with Crippen LogP contribution in [0.25, 0.3) is 10.9 Å². The number of fused-ring (bicyclic) bond motifs is 1. The second kappa shape index (κ2) is 5.26. The minimum absolute atomic E-state index is 0.149. The van der Waals surface area contributed by atoms with E-state index in [2.05, 4.69) is 26.3 Å². The first-order chi connectivity index (χ1) is 9.61. The predicted molar refractivity (Wildman–Crippen MR) is 78.4 cm³/mol. The van der Waals surface area contributed by atoms with Crippen molar-refractivity contribution in [1.82, 2.24) is 4.98 Å². The number of nitrogens with two attached hydrogens (primary N) is 1. The standard InChI is InChI=1S/C14H14BrF2N3/c15-13-8(16)5-9(17)14-12(13)11(20-18)6-10(19-14)7-3-1-2-4-7/h5-7H,1-4,18H2,(H,19,20). The molecule has 3 N–H and O–H groups in total. The zero-order chi connectivity index (χ0) is 14.3. The second-order valence-electron chi connectivity index (χ2n) is 5.10. The van der Waals surface area contributed by atoms with Crippen molar-refractivity contribution in [2.24, 2.45) is 5.84 Å². The van der Waals surface area contributed by atoms with Crippen LogP contribution >= 0.6 is 15.9 Å². The summed E-state index contributed by atoms with van der Waals surface area (Å²) in [6.07, 6.45) is 4.41. The van der Waals surface area contributed by atoms with E-state index in [1.807, 2.05) is 0 Å². The Morgan fingerprint density at radius 1 is 1.20 bits per heavy atom. The Morgan fingerprint density at radius 2 is 1.90 bits per heavy atom. The molecule has 0 amide bonds. The molecule has 20 heavy (non-hydrogen) atoms. The van der Waals surface area contributed by atoms with Crippen LogP contribution < -0.4 is 11.3 Å². The van der Waals surface area contributed by atoms with Gasteiger partial charge in [0.05, 0.1) is 10.2 Å². The van der Waals surface area contributed by atoms with Crippen LogP contribution in [0.15, 0.2) is 16.6 Å². The fourth-order valence-electron chi connectivity index (χ4n) is 2.87. The molecule has 0 saturated heterocycles. The molecule has 3 rings (SSSR count). The molecular weight excluding hydrogens is 328 g/mol. The van der Waals surface area contributed by atoms with Crippen LogP contribution in [-0.2, 0) is 0 Å². The van der Waals surface area contributed by atoms with Crippen molar-refractivity contribution >= 4 is 32.5 Å². The molecule has 1 aliphatic carbocycles. The van der Waals surface area contributed by atoms with E-state index in [0.717, 1.165) is 37.4 Å². The van der Waals surface area contributed by atoms with Crippen molar-refractivity contribution in [3.63, 3.8) is 0 Å². The minimum Gasteiger partial charge on any atom is -0.323 e. The first-order valence-electron chi connectivity index (χ1n) is 6.56. The summed E-state index contributed by atoms with van der Waals surface area (Å²) in [7, 11) is 0. The van der Waals surface area contributed by atoms with Crippen LogP contribution in [0.3, 0.4) is 0 Å². The van der Waals surface area contributed by atoms with Crippen LogP contribution in [-0.4, -0.2) is 4.98 Å². The van der Waals surface area contributed by atoms with E-state index in [4.69, 9.17) is 5.84 Å². The number of pyridine rings is 1. The van der Waals surface area contributed by atoms with E-state index in [0.29, 0.717) is 17.0 Å². The molecule has 1 aliphatic rings. The van der Waals surface area contributed by atoms with Gasteiger partial charge in [-0.3, -0.25) is 5.84 Å². The summed E-state index contributed by atoms with van der Waals surface area (Å²) >= 11 is 3.14. The molecule has 3 nitrogen and oxygen atoms in total. The van der Waals surface area contributed by atoms with Gasteiger partial charge in [0.15, 0.2) is 5.82 Å². The summed E-state index contributed by atoms with van der Waals surface area (Å²) in [6.45, 7) is 0. The summed E-state index contributed by atoms with van der Waals surface area (Å²) in [4.78, 5) is 4.40. The van der Waals surface area contributed by atoms with Crippen molar-refractivity contribution in [3.8, 4) is 0 Å². The number of nitrogens with zero attached hydrogens (tertiary/aromatic N) is 1. The van der Waals surface area contributed by atoms with Crippen LogP contribution in [0.4, 0.5) is 14.5 Å². The third kappa shape index (κ3) is 2.16. The number of hydrogen-bond donors (Lipinski definition) is 2. The number of hydrogen-bond acceptors (Lipinski definition) is 3. The molecule has 0 radical (unpaired) electrons. The highest BCUT2D eigenvalue weighted by Gasteiger charge is 2.22. The third-order valence-electron chi connectivity index (χ3n) is 3.88. The molecule has 1 saturated carbocycles. The number of nitrogen functional groups attached to an aromatic ring is 1. The van der Waals surface area contributed by atoms with Gasteiger partial charge in [-0.2, -0.15) is 0 Å². The SMILES string of the molecule is NNc1cc(C2CCCC2)nc2c(F)cc(F)c(Br)c12. The molecule has 106 valence electrons. The van der Waals surface area contributed by atoms with E-state index in [1.165, 1.54) is 0 Å². The van der Waals surface area contributed by atoms with Gasteiger partial charge in [-0.15, -0.1) is 0 Å². The lowest BCUT2D eigenvalue weighted by Crippen LogP contribution is -2.10. The molecule has 2 aromatic rings. The Bertz CT molecular complexity index is 669. The molecular formula is C14H14BrF2N3. The number of benzene rings is 1. The van der Waals surface area contributed by atoms with Gasteiger partial charge >= 0.3 is 0 Å². The topological polar surface area (TPSA) is 50.9 Å². The summed E-state index contributed by atoms with van der Waals surface area (Å²) in [5, 5.41) is 0.340. The number of hydrazine groups is 1. The maximum atomic E-state index is 14.0. The fraction of sp³-hybridized carbons (Fsp3) is 0.357. The second-order valence-corrected chi connectivity index (χ2v) is 5.89. The van der Waals surface area contributed by atoms with Gasteiger partial charge in [0, 0.05) is 23.1 Å². The van der Waals surface area contributed by atoms with Crippen molar-refractivity contribution in [3.05, 3.63) is 33.9 Å². The summed E-state index contributed by atoms with van der Waals surface area (Å²) in [6, 6.07) is 2.64. The average Bonchev–Trinajstić information content (AvgIpc) is 2.97. The highest BCUT2D eigenvalue weighted by Crippen LogP contribution is 2.39. The lowest BCUT2D eigenvalue weighted by atomic mass is 10.0. The fourth-order valence-corrected chi connectivity index (χ4v) is 3.38. The van der Waals surface area contributed by atoms with Gasteiger partial charge in [-0.25, -0.2) is 13.8 Å². The number of aromatic nitrogens is 1. The molecule has 0 bridgehead atoms. The number of halogens is 3. The maximum Gasteiger partial charge on any atom is 0.152 e. The first kappa shape index (κ1) is 13.7. The Kier molecular flexibility index (Phi) is 3.60. The predicted octanol–water partition coefficient (Wildman–Crippen LogP) is 4.22. The largest absolute Gasteiger partial charge is 0.323 e. The third-order valence-corrected chi connectivity index (χ3v) is 4.65. The zero-order valence-corrected chi connectivity index (χ0v) is 12.3. The van der Waals surface area contributed by atoms with Gasteiger partial charge in [-0.1, -0.05) is 12.8 Å². The van der Waals surface area contributed by atoms with Crippen molar-refractivity contribution in [2.75, 3.05) is 5.43 Å². The zero-order valence-electron chi connectivity index (χ0n) is 10.7. The number of nitrogens with one attached hydrogen (secondary N) is 1. The normalized spacial score (nSPS) is 16.0. The average molecular weight is 342 g/mol. The smallest absolute Gasteiger partial charge is 0.152 e. The lowest BCUT2D eigenvalue weighted by Gasteiger charge is -2.15. The van der Waals surface area contributed by atoms with Crippen LogP contribution in [0, 0.1) is 11.6 Å². The van der Waals surface area contributed by atoms with E-state index in [9.17, 15) is 8.78 Å². The quantitative estimate of drug-likeness (QED) is 0.488. The van der Waals surface area contributed by atoms with Crippen molar-refractivity contribution in [2.45, 2.75) is 31.6 Å². The van der Waals surface area contributed by atoms with Crippen LogP contribution in [0.1, 0.15) is 37.3 Å². The molecule has 0 aliphatic heterocycles. The number of anilines is 1. The molecule has 1 fully saturated rings. The summed E-state index contributed by atoms with van der Waals surface area (Å²) < 4.78 is 27.8. The molecule has 0 atom stereocenters. The summed E-state index contributed by atoms with van der Waals surface area (Å²) in [5.41, 5.74) is 3.98. The van der Waals surface area contributed by atoms with E-state index in [-0.39, 0.29) is 9.99 Å². The monoisotopic (exact) mass is 341 g/mol. The molecule has 0 unspecified atom stereocenters. The van der Waals surface area contributed by atoms with E-state index in [1.54, 1.807) is 6.07 Å². The van der Waals surface area contributed by atoms with Gasteiger partial charge in [0.1, 0.15) is 11.3 Å². The van der Waals surface area contributed by atoms with Crippen molar-refractivity contribution < 1.29 is 8.78 Å². The molecule has 0 spiro atoms. The Balaban J connectivity index is 2.28. The first-order valence-corrected chi connectivity index (χ1v) is 7.36. The van der Waals surface area contributed by atoms with Crippen molar-refractivity contribution in [1.29, 1.82) is 0 Å². The van der Waals surface area contributed by atoms with E-state index < -0.39 is 11.6 Å². The Hall–Kier alpha value is -1.27. The van der Waals surface area contributed by atoms with Gasteiger partial charge < -0.3 is 5.43 Å². The minimum atomic E-state index is -0.669. The Labute approximate surface area is 123 Å². The highest BCUT2D eigenvalue weighted by atomic mass is 79.9. The van der Waals surface area contributed by atoms with Gasteiger partial charge in [0.2, 0.25) is 0 Å². The van der Waals surface area contributed by atoms with Crippen LogP contribution in [0.2, 0.25) is 0 Å². The molecule has 1 aromatic carbocycles. The maximum absolute atomic E-state index is 14.0. The van der Waals surface area contributed by atoms with Gasteiger partial charge in [-0.05, 0) is 34.8 Å². The highest BCUT2D eigenvalue weighted by molar-refractivity contribution is 9.10. The molecule has 1 aromatic heterocycles. The lowest BCUT2D eigenvalue weighted by molar-refractivity contribution is 0.585. The molecule has 6 heteroatoms. The molecule has 1 heterocycles.